The van der Waals surface area contributed by atoms with Gasteiger partial charge in [0.15, 0.2) is 0 Å². The third-order valence-electron chi connectivity index (χ3n) is 2.78. The summed E-state index contributed by atoms with van der Waals surface area (Å²) in [5.74, 6) is 0.860. The molecule has 0 saturated carbocycles. The van der Waals surface area contributed by atoms with Crippen molar-refractivity contribution in [3.63, 3.8) is 0 Å². The zero-order chi connectivity index (χ0) is 12.2. The Hall–Kier alpha value is -2.49. The van der Waals surface area contributed by atoms with Gasteiger partial charge in [0.25, 0.3) is 0 Å². The van der Waals surface area contributed by atoms with Gasteiger partial charge in [0.2, 0.25) is 0 Å². The summed E-state index contributed by atoms with van der Waals surface area (Å²) in [6, 6.07) is 14.1. The van der Waals surface area contributed by atoms with E-state index in [1.54, 1.807) is 6.20 Å². The number of benzene rings is 1. The minimum atomic E-state index is 0.729. The van der Waals surface area contributed by atoms with Crippen molar-refractivity contribution >= 4 is 0 Å². The highest BCUT2D eigenvalue weighted by Gasteiger charge is 2.07. The molecule has 0 aliphatic rings. The van der Waals surface area contributed by atoms with E-state index in [1.807, 2.05) is 30.3 Å². The third kappa shape index (κ3) is 2.13. The first-order chi connectivity index (χ1) is 8.93. The molecule has 0 fully saturated rings. The second kappa shape index (κ2) is 4.79. The predicted molar refractivity (Wildman–Crippen MR) is 68.9 cm³/mol. The second-order valence-corrected chi connectivity index (χ2v) is 3.98. The van der Waals surface area contributed by atoms with Crippen LogP contribution in [-0.4, -0.2) is 20.2 Å². The molecule has 3 aromatic rings. The van der Waals surface area contributed by atoms with Crippen molar-refractivity contribution in [2.24, 2.45) is 0 Å². The van der Waals surface area contributed by atoms with E-state index in [2.05, 4.69) is 32.3 Å². The van der Waals surface area contributed by atoms with Gasteiger partial charge in [-0.3, -0.25) is 10.1 Å². The van der Waals surface area contributed by atoms with Crippen LogP contribution in [0.3, 0.4) is 0 Å². The first-order valence-corrected chi connectivity index (χ1v) is 5.77. The summed E-state index contributed by atoms with van der Waals surface area (Å²) in [6.07, 6.45) is 4.06. The molecular formula is C14H12N4. The summed E-state index contributed by atoms with van der Waals surface area (Å²) in [5.41, 5.74) is 3.30. The number of pyridine rings is 1. The number of hydrogen-bond acceptors (Lipinski definition) is 3. The number of nitrogens with one attached hydrogen (secondary N) is 1. The van der Waals surface area contributed by atoms with Gasteiger partial charge < -0.3 is 0 Å². The molecule has 0 atom stereocenters. The maximum Gasteiger partial charge on any atom is 0.137 e. The van der Waals surface area contributed by atoms with E-state index in [0.29, 0.717) is 0 Å². The molecule has 1 N–H and O–H groups in total. The molecule has 0 radical (unpaired) electrons. The van der Waals surface area contributed by atoms with Crippen LogP contribution >= 0.6 is 0 Å². The maximum atomic E-state index is 4.39. The zero-order valence-electron chi connectivity index (χ0n) is 9.74. The van der Waals surface area contributed by atoms with Crippen LogP contribution in [0.4, 0.5) is 0 Å². The van der Waals surface area contributed by atoms with Crippen LogP contribution in [0.1, 0.15) is 11.4 Å². The molecule has 0 aliphatic carbocycles. The van der Waals surface area contributed by atoms with Crippen LogP contribution in [0.5, 0.6) is 0 Å². The average Bonchev–Trinajstić information content (AvgIpc) is 2.93. The Morgan fingerprint density at radius 1 is 0.944 bits per heavy atom. The van der Waals surface area contributed by atoms with E-state index in [1.165, 1.54) is 11.9 Å². The lowest BCUT2D eigenvalue weighted by molar-refractivity contribution is 0.972. The number of aromatic amines is 1. The Bertz CT molecular complexity index is 617. The van der Waals surface area contributed by atoms with Crippen molar-refractivity contribution in [1.82, 2.24) is 20.2 Å². The predicted octanol–water partition coefficient (Wildman–Crippen LogP) is 2.46. The largest absolute Gasteiger partial charge is 0.263 e. The van der Waals surface area contributed by atoms with Crippen molar-refractivity contribution < 1.29 is 0 Å². The normalized spacial score (nSPS) is 10.4. The zero-order valence-corrected chi connectivity index (χ0v) is 9.74. The molecule has 2 aromatic heterocycles. The van der Waals surface area contributed by atoms with Crippen LogP contribution in [0, 0.1) is 0 Å². The van der Waals surface area contributed by atoms with Crippen LogP contribution in [0.15, 0.2) is 55.0 Å². The van der Waals surface area contributed by atoms with Gasteiger partial charge in [-0.15, -0.1) is 0 Å². The van der Waals surface area contributed by atoms with Crippen LogP contribution in [-0.2, 0) is 6.42 Å². The fourth-order valence-electron chi connectivity index (χ4n) is 1.94. The molecule has 88 valence electrons. The van der Waals surface area contributed by atoms with Gasteiger partial charge in [-0.25, -0.2) is 4.98 Å². The summed E-state index contributed by atoms with van der Waals surface area (Å²) in [4.78, 5) is 8.55. The van der Waals surface area contributed by atoms with Crippen LogP contribution < -0.4 is 0 Å². The molecule has 0 amide bonds. The average molecular weight is 236 g/mol. The first kappa shape index (κ1) is 10.7. The Labute approximate surface area is 105 Å². The maximum absolute atomic E-state index is 4.39. The third-order valence-corrected chi connectivity index (χ3v) is 2.78. The van der Waals surface area contributed by atoms with Gasteiger partial charge in [-0.1, -0.05) is 30.3 Å². The molecule has 18 heavy (non-hydrogen) atoms. The second-order valence-electron chi connectivity index (χ2n) is 3.98. The Morgan fingerprint density at radius 2 is 1.83 bits per heavy atom. The van der Waals surface area contributed by atoms with Gasteiger partial charge in [0.1, 0.15) is 12.2 Å². The highest BCUT2D eigenvalue weighted by Crippen LogP contribution is 2.22. The molecule has 2 heterocycles. The van der Waals surface area contributed by atoms with Gasteiger partial charge >= 0.3 is 0 Å². The smallest absolute Gasteiger partial charge is 0.137 e. The van der Waals surface area contributed by atoms with Crippen molar-refractivity contribution in [3.05, 3.63) is 66.4 Å². The van der Waals surface area contributed by atoms with Gasteiger partial charge in [0, 0.05) is 18.2 Å². The summed E-state index contributed by atoms with van der Waals surface area (Å²) >= 11 is 0. The Kier molecular flexibility index (Phi) is 2.84. The monoisotopic (exact) mass is 236 g/mol. The van der Waals surface area contributed by atoms with Crippen molar-refractivity contribution in [3.8, 4) is 11.3 Å². The quantitative estimate of drug-likeness (QED) is 0.760. The standard InChI is InChI=1S/C14H12N4/c1-2-6-12(13-7-3-4-8-15-13)11(5-1)9-14-16-10-17-18-14/h1-8,10H,9H2,(H,16,17,18). The lowest BCUT2D eigenvalue weighted by Crippen LogP contribution is -1.95. The summed E-state index contributed by atoms with van der Waals surface area (Å²) < 4.78 is 0. The molecule has 1 aromatic carbocycles. The van der Waals surface area contributed by atoms with E-state index in [4.69, 9.17) is 0 Å². The molecular weight excluding hydrogens is 224 g/mol. The van der Waals surface area contributed by atoms with E-state index >= 15 is 0 Å². The molecule has 0 saturated heterocycles. The molecule has 0 spiro atoms. The molecule has 4 heteroatoms. The van der Waals surface area contributed by atoms with Gasteiger partial charge in [-0.2, -0.15) is 5.10 Å². The van der Waals surface area contributed by atoms with E-state index < -0.39 is 0 Å². The highest BCUT2D eigenvalue weighted by atomic mass is 15.2. The molecule has 3 rings (SSSR count). The fraction of sp³-hybridized carbons (Fsp3) is 0.0714. The van der Waals surface area contributed by atoms with Crippen molar-refractivity contribution in [2.75, 3.05) is 0 Å². The lowest BCUT2D eigenvalue weighted by atomic mass is 10.0. The Balaban J connectivity index is 2.00. The number of nitrogens with zero attached hydrogens (tertiary/aromatic N) is 3. The highest BCUT2D eigenvalue weighted by molar-refractivity contribution is 5.63. The molecule has 4 nitrogen and oxygen atoms in total. The number of aromatic nitrogens is 4. The van der Waals surface area contributed by atoms with E-state index in [0.717, 1.165) is 23.5 Å². The summed E-state index contributed by atoms with van der Waals surface area (Å²) in [5, 5.41) is 6.75. The molecule has 0 bridgehead atoms. The number of H-pyrrole nitrogens is 1. The van der Waals surface area contributed by atoms with Crippen LogP contribution in [0.2, 0.25) is 0 Å². The topological polar surface area (TPSA) is 54.5 Å². The summed E-state index contributed by atoms with van der Waals surface area (Å²) in [7, 11) is 0. The van der Waals surface area contributed by atoms with Crippen LogP contribution in [0.25, 0.3) is 11.3 Å². The van der Waals surface area contributed by atoms with Gasteiger partial charge in [0.05, 0.1) is 5.69 Å². The molecule has 0 aliphatic heterocycles. The lowest BCUT2D eigenvalue weighted by Gasteiger charge is -2.07. The summed E-state index contributed by atoms with van der Waals surface area (Å²) in [6.45, 7) is 0. The van der Waals surface area contributed by atoms with Crippen molar-refractivity contribution in [1.29, 1.82) is 0 Å². The SMILES string of the molecule is c1ccc(-c2ccccc2Cc2ncn[nH]2)nc1. The van der Waals surface area contributed by atoms with Crippen molar-refractivity contribution in [2.45, 2.75) is 6.42 Å². The van der Waals surface area contributed by atoms with Gasteiger partial charge in [-0.05, 0) is 17.7 Å². The minimum absolute atomic E-state index is 0.729. The minimum Gasteiger partial charge on any atom is -0.263 e. The van der Waals surface area contributed by atoms with E-state index in [9.17, 15) is 0 Å². The fourth-order valence-corrected chi connectivity index (χ4v) is 1.94. The molecule has 0 unspecified atom stereocenters. The number of hydrogen-bond donors (Lipinski definition) is 1. The number of rotatable bonds is 3. The first-order valence-electron chi connectivity index (χ1n) is 5.77. The Morgan fingerprint density at radius 3 is 2.61 bits per heavy atom. The van der Waals surface area contributed by atoms with E-state index in [-0.39, 0.29) is 0 Å².